The van der Waals surface area contributed by atoms with E-state index < -0.39 is 0 Å². The van der Waals surface area contributed by atoms with E-state index in [0.717, 1.165) is 27.9 Å². The average molecular weight is 275 g/mol. The van der Waals surface area contributed by atoms with Crippen LogP contribution in [-0.2, 0) is 0 Å². The molecule has 1 N–H and O–H groups in total. The lowest BCUT2D eigenvalue weighted by Crippen LogP contribution is -2.00. The molecule has 0 saturated heterocycles. The standard InChI is InChI=1S/C14H17N3OS/c1-4-18-13-7-5-12(6-8-13)11(3)16-17-14-15-10(2)9-19-14/h5-9H,4H2,1-3H3,(H,15,17)/b16-11-. The Morgan fingerprint density at radius 3 is 2.68 bits per heavy atom. The van der Waals surface area contributed by atoms with Crippen molar-refractivity contribution in [3.63, 3.8) is 0 Å². The molecule has 100 valence electrons. The van der Waals surface area contributed by atoms with E-state index in [0.29, 0.717) is 6.61 Å². The largest absolute Gasteiger partial charge is 0.494 e. The van der Waals surface area contributed by atoms with Crippen LogP contribution in [0.4, 0.5) is 5.13 Å². The van der Waals surface area contributed by atoms with E-state index in [-0.39, 0.29) is 0 Å². The molecule has 0 aliphatic rings. The Morgan fingerprint density at radius 2 is 2.11 bits per heavy atom. The second-order valence-electron chi connectivity index (χ2n) is 4.06. The van der Waals surface area contributed by atoms with Gasteiger partial charge in [0.15, 0.2) is 0 Å². The first-order valence-corrected chi connectivity index (χ1v) is 7.02. The Morgan fingerprint density at radius 1 is 1.37 bits per heavy atom. The van der Waals surface area contributed by atoms with Crippen LogP contribution in [0.1, 0.15) is 25.1 Å². The third-order valence-corrected chi connectivity index (χ3v) is 3.39. The summed E-state index contributed by atoms with van der Waals surface area (Å²) >= 11 is 1.55. The second kappa shape index (κ2) is 6.33. The molecular formula is C14H17N3OS. The summed E-state index contributed by atoms with van der Waals surface area (Å²) in [5.41, 5.74) is 5.94. The number of ether oxygens (including phenoxy) is 1. The summed E-state index contributed by atoms with van der Waals surface area (Å²) in [5, 5.41) is 7.13. The van der Waals surface area contributed by atoms with E-state index in [9.17, 15) is 0 Å². The number of nitrogens with zero attached hydrogens (tertiary/aromatic N) is 2. The van der Waals surface area contributed by atoms with Gasteiger partial charge in [0.1, 0.15) is 5.75 Å². The van der Waals surface area contributed by atoms with Crippen molar-refractivity contribution in [1.29, 1.82) is 0 Å². The molecule has 4 nitrogen and oxygen atoms in total. The fourth-order valence-corrected chi connectivity index (χ4v) is 2.19. The van der Waals surface area contributed by atoms with Gasteiger partial charge < -0.3 is 4.74 Å². The Kier molecular flexibility index (Phi) is 4.52. The Hall–Kier alpha value is -1.88. The summed E-state index contributed by atoms with van der Waals surface area (Å²) in [6, 6.07) is 7.90. The van der Waals surface area contributed by atoms with E-state index >= 15 is 0 Å². The maximum atomic E-state index is 5.41. The Bertz CT molecular complexity index is 560. The second-order valence-corrected chi connectivity index (χ2v) is 4.92. The summed E-state index contributed by atoms with van der Waals surface area (Å²) in [4.78, 5) is 4.30. The number of aryl methyl sites for hydroxylation is 1. The molecule has 1 aromatic carbocycles. The molecule has 0 fully saturated rings. The van der Waals surface area contributed by atoms with Gasteiger partial charge in [-0.1, -0.05) is 0 Å². The van der Waals surface area contributed by atoms with Gasteiger partial charge >= 0.3 is 0 Å². The molecule has 0 radical (unpaired) electrons. The first-order valence-electron chi connectivity index (χ1n) is 6.14. The van der Waals surface area contributed by atoms with Crippen molar-refractivity contribution >= 4 is 22.2 Å². The molecule has 0 aliphatic heterocycles. The zero-order valence-corrected chi connectivity index (χ0v) is 12.1. The van der Waals surface area contributed by atoms with Crippen molar-refractivity contribution < 1.29 is 4.74 Å². The zero-order chi connectivity index (χ0) is 13.7. The predicted molar refractivity (Wildman–Crippen MR) is 80.3 cm³/mol. The molecule has 2 aromatic rings. The van der Waals surface area contributed by atoms with Crippen molar-refractivity contribution in [2.24, 2.45) is 5.10 Å². The summed E-state index contributed by atoms with van der Waals surface area (Å²) in [5.74, 6) is 0.877. The number of thiazole rings is 1. The lowest BCUT2D eigenvalue weighted by Gasteiger charge is -2.05. The SMILES string of the molecule is CCOc1ccc(/C(C)=N\Nc2nc(C)cs2)cc1. The van der Waals surface area contributed by atoms with E-state index in [4.69, 9.17) is 4.74 Å². The van der Waals surface area contributed by atoms with Crippen LogP contribution in [-0.4, -0.2) is 17.3 Å². The third kappa shape index (κ3) is 3.79. The highest BCUT2D eigenvalue weighted by molar-refractivity contribution is 7.13. The smallest absolute Gasteiger partial charge is 0.203 e. The van der Waals surface area contributed by atoms with Gasteiger partial charge in [0, 0.05) is 5.38 Å². The van der Waals surface area contributed by atoms with E-state index in [1.165, 1.54) is 0 Å². The van der Waals surface area contributed by atoms with Crippen LogP contribution < -0.4 is 10.2 Å². The molecular weight excluding hydrogens is 258 g/mol. The molecule has 19 heavy (non-hydrogen) atoms. The van der Waals surface area contributed by atoms with Crippen LogP contribution in [0.3, 0.4) is 0 Å². The molecule has 0 unspecified atom stereocenters. The average Bonchev–Trinajstić information content (AvgIpc) is 2.83. The van der Waals surface area contributed by atoms with Gasteiger partial charge in [0.25, 0.3) is 0 Å². The maximum Gasteiger partial charge on any atom is 0.203 e. The lowest BCUT2D eigenvalue weighted by atomic mass is 10.1. The fraction of sp³-hybridized carbons (Fsp3) is 0.286. The molecule has 0 aliphatic carbocycles. The maximum absolute atomic E-state index is 5.41. The minimum absolute atomic E-state index is 0.678. The van der Waals surface area contributed by atoms with Gasteiger partial charge in [-0.05, 0) is 50.6 Å². The summed E-state index contributed by atoms with van der Waals surface area (Å²) in [6.07, 6.45) is 0. The predicted octanol–water partition coefficient (Wildman–Crippen LogP) is 3.69. The number of hydrogen-bond donors (Lipinski definition) is 1. The Balaban J connectivity index is 2.03. The molecule has 2 rings (SSSR count). The molecule has 1 heterocycles. The summed E-state index contributed by atoms with van der Waals surface area (Å²) in [6.45, 7) is 6.58. The molecule has 0 saturated carbocycles. The molecule has 0 spiro atoms. The third-order valence-electron chi connectivity index (χ3n) is 2.52. The number of benzene rings is 1. The number of nitrogens with one attached hydrogen (secondary N) is 1. The van der Waals surface area contributed by atoms with E-state index in [2.05, 4.69) is 15.5 Å². The van der Waals surface area contributed by atoms with Crippen LogP contribution in [0.25, 0.3) is 0 Å². The number of anilines is 1. The normalized spacial score (nSPS) is 11.4. The van der Waals surface area contributed by atoms with Crippen LogP contribution in [0.2, 0.25) is 0 Å². The molecule has 5 heteroatoms. The summed E-state index contributed by atoms with van der Waals surface area (Å²) < 4.78 is 5.41. The molecule has 0 amide bonds. The number of aromatic nitrogens is 1. The van der Waals surface area contributed by atoms with Crippen LogP contribution in [0.15, 0.2) is 34.7 Å². The molecule has 0 bridgehead atoms. The van der Waals surface area contributed by atoms with Gasteiger partial charge in [-0.25, -0.2) is 4.98 Å². The van der Waals surface area contributed by atoms with E-state index in [1.807, 2.05) is 50.4 Å². The van der Waals surface area contributed by atoms with Crippen molar-refractivity contribution in [3.05, 3.63) is 40.9 Å². The van der Waals surface area contributed by atoms with Crippen LogP contribution >= 0.6 is 11.3 Å². The highest BCUT2D eigenvalue weighted by atomic mass is 32.1. The van der Waals surface area contributed by atoms with Crippen molar-refractivity contribution in [3.8, 4) is 5.75 Å². The minimum Gasteiger partial charge on any atom is -0.494 e. The quantitative estimate of drug-likeness (QED) is 0.668. The highest BCUT2D eigenvalue weighted by Gasteiger charge is 2.00. The minimum atomic E-state index is 0.678. The van der Waals surface area contributed by atoms with E-state index in [1.54, 1.807) is 11.3 Å². The number of rotatable bonds is 5. The highest BCUT2D eigenvalue weighted by Crippen LogP contribution is 2.15. The van der Waals surface area contributed by atoms with Crippen molar-refractivity contribution in [2.45, 2.75) is 20.8 Å². The topological polar surface area (TPSA) is 46.5 Å². The first kappa shape index (κ1) is 13.5. The molecule has 1 aromatic heterocycles. The number of hydrazone groups is 1. The van der Waals surface area contributed by atoms with Gasteiger partial charge in [-0.3, -0.25) is 5.43 Å². The molecule has 0 atom stereocenters. The van der Waals surface area contributed by atoms with Gasteiger partial charge in [-0.2, -0.15) is 5.10 Å². The Labute approximate surface area is 117 Å². The monoisotopic (exact) mass is 275 g/mol. The van der Waals surface area contributed by atoms with Crippen LogP contribution in [0.5, 0.6) is 5.75 Å². The van der Waals surface area contributed by atoms with Crippen molar-refractivity contribution in [1.82, 2.24) is 4.98 Å². The first-order chi connectivity index (χ1) is 9.19. The summed E-state index contributed by atoms with van der Waals surface area (Å²) in [7, 11) is 0. The van der Waals surface area contributed by atoms with Crippen molar-refractivity contribution in [2.75, 3.05) is 12.0 Å². The zero-order valence-electron chi connectivity index (χ0n) is 11.3. The fourth-order valence-electron chi connectivity index (χ4n) is 1.56. The van der Waals surface area contributed by atoms with Crippen LogP contribution in [0, 0.1) is 6.92 Å². The van der Waals surface area contributed by atoms with Gasteiger partial charge in [0.2, 0.25) is 5.13 Å². The van der Waals surface area contributed by atoms with Gasteiger partial charge in [0.05, 0.1) is 18.0 Å². The number of hydrogen-bond acceptors (Lipinski definition) is 5. The van der Waals surface area contributed by atoms with Gasteiger partial charge in [-0.15, -0.1) is 11.3 Å². The lowest BCUT2D eigenvalue weighted by molar-refractivity contribution is 0.340.